The molecule has 0 fully saturated rings. The van der Waals surface area contributed by atoms with Crippen molar-refractivity contribution in [1.82, 2.24) is 20.1 Å². The van der Waals surface area contributed by atoms with E-state index in [2.05, 4.69) is 20.7 Å². The van der Waals surface area contributed by atoms with E-state index in [1.54, 1.807) is 19.1 Å². The highest BCUT2D eigenvalue weighted by molar-refractivity contribution is 5.96. The number of carboxylic acid groups (broad SMARTS) is 1. The number of anilines is 1. The maximum atomic E-state index is 13.4. The first-order chi connectivity index (χ1) is 12.9. The summed E-state index contributed by atoms with van der Waals surface area (Å²) in [5.74, 6) is -0.942. The minimum absolute atomic E-state index is 0.0211. The lowest BCUT2D eigenvalue weighted by molar-refractivity contribution is -0.118. The summed E-state index contributed by atoms with van der Waals surface area (Å²) in [6.45, 7) is -1.27. The first-order valence-electron chi connectivity index (χ1n) is 8.15. The Balaban J connectivity index is 2.17. The van der Waals surface area contributed by atoms with Crippen molar-refractivity contribution >= 4 is 17.7 Å². The van der Waals surface area contributed by atoms with Crippen LogP contribution in [0.4, 0.5) is 19.3 Å². The van der Waals surface area contributed by atoms with Gasteiger partial charge in [0.15, 0.2) is 0 Å². The minimum Gasteiger partial charge on any atom is -0.465 e. The van der Waals surface area contributed by atoms with Crippen molar-refractivity contribution in [3.8, 4) is 11.3 Å². The van der Waals surface area contributed by atoms with Crippen LogP contribution in [0.5, 0.6) is 0 Å². The van der Waals surface area contributed by atoms with Crippen molar-refractivity contribution in [3.63, 3.8) is 0 Å². The van der Waals surface area contributed by atoms with Crippen LogP contribution in [-0.4, -0.2) is 31.9 Å². The monoisotopic (exact) mass is 377 g/mol. The second-order valence-corrected chi connectivity index (χ2v) is 6.04. The molecule has 2 aromatic heterocycles. The van der Waals surface area contributed by atoms with Crippen LogP contribution in [0, 0.1) is 5.92 Å². The number of aromatic nitrogens is 3. The Morgan fingerprint density at radius 3 is 2.96 bits per heavy atom. The Labute approximate surface area is 152 Å². The van der Waals surface area contributed by atoms with E-state index >= 15 is 0 Å². The lowest BCUT2D eigenvalue weighted by atomic mass is 10.0. The standard InChI is InChI=1S/C17H17F2N5O3/c1-9-3-2-4-11(23-17(26)27)12-7-10(5-6-20-12)14-13(22-15(9)25)8-21-24(14)16(18)19/h2-3,5-9,11,16,23H,4H2,1H3,(H,22,25)(H,26,27)/t9-,11?/m0/s1. The number of hydrogen-bond donors (Lipinski definition) is 3. The van der Waals surface area contributed by atoms with Crippen LogP contribution in [-0.2, 0) is 4.79 Å². The van der Waals surface area contributed by atoms with E-state index in [0.717, 1.165) is 6.20 Å². The van der Waals surface area contributed by atoms with E-state index in [0.29, 0.717) is 15.9 Å². The number of amides is 2. The first-order valence-corrected chi connectivity index (χ1v) is 8.15. The number of nitrogens with zero attached hydrogens (tertiary/aromatic N) is 3. The molecule has 0 aromatic carbocycles. The van der Waals surface area contributed by atoms with Crippen LogP contribution in [0.25, 0.3) is 11.3 Å². The molecule has 0 aliphatic carbocycles. The number of halogens is 2. The van der Waals surface area contributed by atoms with Gasteiger partial charge in [-0.15, -0.1) is 0 Å². The maximum absolute atomic E-state index is 13.4. The predicted molar refractivity (Wildman–Crippen MR) is 92.2 cm³/mol. The summed E-state index contributed by atoms with van der Waals surface area (Å²) in [6.07, 6.45) is 4.87. The molecule has 3 heterocycles. The van der Waals surface area contributed by atoms with E-state index in [1.807, 2.05) is 0 Å². The zero-order chi connectivity index (χ0) is 19.6. The quantitative estimate of drug-likeness (QED) is 0.697. The molecule has 1 aliphatic rings. The zero-order valence-electron chi connectivity index (χ0n) is 14.3. The summed E-state index contributed by atoms with van der Waals surface area (Å²) < 4.78 is 27.3. The average molecular weight is 377 g/mol. The van der Waals surface area contributed by atoms with Crippen molar-refractivity contribution in [3.05, 3.63) is 42.4 Å². The topological polar surface area (TPSA) is 109 Å². The third kappa shape index (κ3) is 3.94. The number of fused-ring (bicyclic) bond motifs is 4. The summed E-state index contributed by atoms with van der Waals surface area (Å²) in [5, 5.41) is 17.7. The van der Waals surface area contributed by atoms with Gasteiger partial charge in [-0.3, -0.25) is 9.78 Å². The fraction of sp³-hybridized carbons (Fsp3) is 0.294. The molecular formula is C17H17F2N5O3. The van der Waals surface area contributed by atoms with Gasteiger partial charge in [0.2, 0.25) is 5.91 Å². The highest BCUT2D eigenvalue weighted by atomic mass is 19.3. The molecule has 0 saturated heterocycles. The summed E-state index contributed by atoms with van der Waals surface area (Å²) in [6, 6.07) is 2.31. The second kappa shape index (κ2) is 7.52. The van der Waals surface area contributed by atoms with Crippen molar-refractivity contribution in [2.45, 2.75) is 25.9 Å². The number of hydrogen-bond acceptors (Lipinski definition) is 4. The van der Waals surface area contributed by atoms with Gasteiger partial charge in [-0.2, -0.15) is 13.9 Å². The maximum Gasteiger partial charge on any atom is 0.405 e. The number of carbonyl (C=O) groups is 2. The molecule has 2 atom stereocenters. The van der Waals surface area contributed by atoms with Gasteiger partial charge in [0.1, 0.15) is 0 Å². The fourth-order valence-corrected chi connectivity index (χ4v) is 2.83. The molecule has 3 N–H and O–H groups in total. The molecule has 27 heavy (non-hydrogen) atoms. The van der Waals surface area contributed by atoms with Gasteiger partial charge < -0.3 is 15.7 Å². The van der Waals surface area contributed by atoms with E-state index < -0.39 is 24.6 Å². The molecule has 2 aromatic rings. The van der Waals surface area contributed by atoms with Crippen LogP contribution in [0.3, 0.4) is 0 Å². The van der Waals surface area contributed by atoms with Crippen molar-refractivity contribution in [1.29, 1.82) is 0 Å². The normalized spacial score (nSPS) is 19.6. The molecule has 0 radical (unpaired) electrons. The molecule has 2 bridgehead atoms. The Morgan fingerprint density at radius 1 is 1.48 bits per heavy atom. The summed E-state index contributed by atoms with van der Waals surface area (Å²) >= 11 is 0. The van der Waals surface area contributed by atoms with Crippen molar-refractivity contribution < 1.29 is 23.5 Å². The van der Waals surface area contributed by atoms with Gasteiger partial charge in [-0.05, 0) is 18.6 Å². The van der Waals surface area contributed by atoms with Gasteiger partial charge in [0, 0.05) is 11.8 Å². The fourth-order valence-electron chi connectivity index (χ4n) is 2.83. The minimum atomic E-state index is -2.92. The summed E-state index contributed by atoms with van der Waals surface area (Å²) in [5.41, 5.74) is 0.864. The molecular weight excluding hydrogens is 360 g/mol. The second-order valence-electron chi connectivity index (χ2n) is 6.04. The Hall–Kier alpha value is -3.30. The Bertz CT molecular complexity index is 896. The largest absolute Gasteiger partial charge is 0.465 e. The van der Waals surface area contributed by atoms with E-state index in [1.165, 1.54) is 18.3 Å². The van der Waals surface area contributed by atoms with Gasteiger partial charge in [-0.1, -0.05) is 19.1 Å². The molecule has 1 unspecified atom stereocenters. The van der Waals surface area contributed by atoms with Gasteiger partial charge in [0.25, 0.3) is 0 Å². The Morgan fingerprint density at radius 2 is 2.26 bits per heavy atom. The molecule has 10 heteroatoms. The molecule has 142 valence electrons. The van der Waals surface area contributed by atoms with Crippen LogP contribution in [0.15, 0.2) is 36.7 Å². The average Bonchev–Trinajstić information content (AvgIpc) is 3.03. The third-order valence-corrected chi connectivity index (χ3v) is 4.16. The summed E-state index contributed by atoms with van der Waals surface area (Å²) in [4.78, 5) is 27.6. The SMILES string of the molecule is C[C@H]1C=CCC(NC(=O)O)c2cc(ccn2)-c2c(cnn2C(F)F)NC1=O. The number of nitrogens with one attached hydrogen (secondary N) is 2. The van der Waals surface area contributed by atoms with Gasteiger partial charge in [-0.25, -0.2) is 9.48 Å². The highest BCUT2D eigenvalue weighted by Gasteiger charge is 2.24. The number of carbonyl (C=O) groups excluding carboxylic acids is 1. The van der Waals surface area contributed by atoms with E-state index in [4.69, 9.17) is 5.11 Å². The highest BCUT2D eigenvalue weighted by Crippen LogP contribution is 2.33. The Kier molecular flexibility index (Phi) is 5.15. The van der Waals surface area contributed by atoms with Crippen LogP contribution >= 0.6 is 0 Å². The predicted octanol–water partition coefficient (Wildman–Crippen LogP) is 3.18. The van der Waals surface area contributed by atoms with E-state index in [-0.39, 0.29) is 23.7 Å². The molecule has 0 saturated carbocycles. The van der Waals surface area contributed by atoms with Crippen molar-refractivity contribution in [2.24, 2.45) is 5.92 Å². The third-order valence-electron chi connectivity index (χ3n) is 4.16. The van der Waals surface area contributed by atoms with Gasteiger partial charge in [0.05, 0.1) is 35.2 Å². The van der Waals surface area contributed by atoms with Crippen molar-refractivity contribution in [2.75, 3.05) is 5.32 Å². The lowest BCUT2D eigenvalue weighted by Crippen LogP contribution is -2.27. The lowest BCUT2D eigenvalue weighted by Gasteiger charge is -2.18. The zero-order valence-corrected chi connectivity index (χ0v) is 14.3. The molecule has 3 rings (SSSR count). The molecule has 8 nitrogen and oxygen atoms in total. The molecule has 0 spiro atoms. The number of pyridine rings is 1. The van der Waals surface area contributed by atoms with Gasteiger partial charge >= 0.3 is 12.6 Å². The van der Waals surface area contributed by atoms with Crippen LogP contribution in [0.2, 0.25) is 0 Å². The van der Waals surface area contributed by atoms with Crippen LogP contribution < -0.4 is 10.6 Å². The van der Waals surface area contributed by atoms with Crippen LogP contribution in [0.1, 0.15) is 31.6 Å². The number of alkyl halides is 2. The first kappa shape index (κ1) is 18.5. The smallest absolute Gasteiger partial charge is 0.405 e. The molecule has 2 amide bonds. The number of rotatable bonds is 2. The molecule has 1 aliphatic heterocycles. The summed E-state index contributed by atoms with van der Waals surface area (Å²) in [7, 11) is 0. The van der Waals surface area contributed by atoms with E-state index in [9.17, 15) is 18.4 Å².